The van der Waals surface area contributed by atoms with E-state index in [1.165, 1.54) is 6.07 Å². The maximum absolute atomic E-state index is 14.9. The third-order valence-electron chi connectivity index (χ3n) is 11.7. The zero-order chi connectivity index (χ0) is 34.5. The smallest absolute Gasteiger partial charge is 0.404 e. The van der Waals surface area contributed by atoms with E-state index in [0.29, 0.717) is 18.5 Å². The minimum Gasteiger partial charge on any atom is -0.497 e. The summed E-state index contributed by atoms with van der Waals surface area (Å²) < 4.78 is 72.9. The van der Waals surface area contributed by atoms with Gasteiger partial charge in [0.1, 0.15) is 5.75 Å². The molecule has 2 saturated carbocycles. The van der Waals surface area contributed by atoms with Crippen LogP contribution in [0.5, 0.6) is 5.75 Å². The van der Waals surface area contributed by atoms with Crippen LogP contribution in [0.3, 0.4) is 0 Å². The highest BCUT2D eigenvalue weighted by Crippen LogP contribution is 2.66. The van der Waals surface area contributed by atoms with Crippen molar-refractivity contribution in [2.75, 3.05) is 33.0 Å². The van der Waals surface area contributed by atoms with Crippen LogP contribution in [-0.4, -0.2) is 85.9 Å². The van der Waals surface area contributed by atoms with Gasteiger partial charge in [-0.05, 0) is 86.5 Å². The number of amides is 2. The van der Waals surface area contributed by atoms with Crippen molar-refractivity contribution in [2.24, 2.45) is 5.41 Å². The van der Waals surface area contributed by atoms with Crippen LogP contribution in [0.2, 0.25) is 0 Å². The number of alkyl halides is 3. The number of piperazine rings is 1. The van der Waals surface area contributed by atoms with Crippen LogP contribution in [0.25, 0.3) is 22.2 Å². The van der Waals surface area contributed by atoms with Gasteiger partial charge >= 0.3 is 6.18 Å². The molecule has 9 nitrogen and oxygen atoms in total. The van der Waals surface area contributed by atoms with Crippen molar-refractivity contribution in [3.05, 3.63) is 53.1 Å². The molecule has 4 fully saturated rings. The molecular weight excluding hydrogens is 657 g/mol. The van der Waals surface area contributed by atoms with Gasteiger partial charge in [-0.3, -0.25) is 9.59 Å². The van der Waals surface area contributed by atoms with Crippen molar-refractivity contribution in [1.82, 2.24) is 19.1 Å². The molecule has 3 aromatic rings. The van der Waals surface area contributed by atoms with E-state index < -0.39 is 33.3 Å². The molecule has 13 heteroatoms. The number of nitrogens with one attached hydrogen (secondary N) is 1. The number of hydrogen-bond donors (Lipinski definition) is 1. The topological polar surface area (TPSA) is 101 Å². The monoisotopic (exact) mass is 698 g/mol. The Balaban J connectivity index is 1.29. The summed E-state index contributed by atoms with van der Waals surface area (Å²) in [6, 6.07) is 11.3. The Morgan fingerprint density at radius 1 is 1.00 bits per heavy atom. The van der Waals surface area contributed by atoms with Crippen molar-refractivity contribution in [1.29, 1.82) is 0 Å². The predicted molar refractivity (Wildman–Crippen MR) is 178 cm³/mol. The molecule has 0 radical (unpaired) electrons. The molecule has 2 bridgehead atoms. The van der Waals surface area contributed by atoms with E-state index in [0.717, 1.165) is 91.6 Å². The molecule has 4 heterocycles. The first-order valence-corrected chi connectivity index (χ1v) is 18.9. The molecule has 4 atom stereocenters. The SMILES string of the molecule is COc1ccc2c(c1)C1CC1(C(=O)N1C3CCC1CN(C)C3)Cn1c-2c(C2CCCCC2)c2ccc(C(=O)NS(=O)(=O)CC(F)(F)F)cc21. The largest absolute Gasteiger partial charge is 0.497 e. The number of likely N-dealkylation sites (tertiary alicyclic amines) is 1. The lowest BCUT2D eigenvalue weighted by Crippen LogP contribution is -2.57. The first-order chi connectivity index (χ1) is 23.3. The van der Waals surface area contributed by atoms with E-state index >= 15 is 0 Å². The zero-order valence-electron chi connectivity index (χ0n) is 27.7. The first kappa shape index (κ1) is 32.6. The summed E-state index contributed by atoms with van der Waals surface area (Å²) in [6.45, 7) is 2.06. The van der Waals surface area contributed by atoms with E-state index in [1.807, 2.05) is 6.07 Å². The molecule has 3 aliphatic heterocycles. The van der Waals surface area contributed by atoms with Gasteiger partial charge in [-0.15, -0.1) is 0 Å². The number of aromatic nitrogens is 1. The Bertz CT molecular complexity index is 1960. The van der Waals surface area contributed by atoms with Gasteiger partial charge in [-0.25, -0.2) is 13.1 Å². The fourth-order valence-corrected chi connectivity index (χ4v) is 10.5. The quantitative estimate of drug-likeness (QED) is 0.351. The fourth-order valence-electron chi connectivity index (χ4n) is 9.58. The van der Waals surface area contributed by atoms with Crippen LogP contribution in [0.15, 0.2) is 36.4 Å². The highest BCUT2D eigenvalue weighted by Gasteiger charge is 2.65. The minimum atomic E-state index is -5.00. The van der Waals surface area contributed by atoms with E-state index in [9.17, 15) is 31.2 Å². The van der Waals surface area contributed by atoms with Crippen LogP contribution in [0.1, 0.15) is 84.7 Å². The maximum atomic E-state index is 14.9. The zero-order valence-corrected chi connectivity index (χ0v) is 28.5. The van der Waals surface area contributed by atoms with Gasteiger partial charge in [0.05, 0.1) is 18.2 Å². The molecule has 5 aliphatic rings. The number of nitrogens with zero attached hydrogens (tertiary/aromatic N) is 3. The number of carbonyl (C=O) groups excluding carboxylic acids is 2. The van der Waals surface area contributed by atoms with E-state index in [4.69, 9.17) is 4.74 Å². The number of ether oxygens (including phenoxy) is 1. The van der Waals surface area contributed by atoms with Gasteiger partial charge in [-0.2, -0.15) is 13.2 Å². The molecule has 0 spiro atoms. The van der Waals surface area contributed by atoms with Crippen LogP contribution in [-0.2, 0) is 21.4 Å². The Morgan fingerprint density at radius 2 is 1.71 bits per heavy atom. The number of sulfonamides is 1. The van der Waals surface area contributed by atoms with Crippen LogP contribution in [0, 0.1) is 5.41 Å². The second-order valence-electron chi connectivity index (χ2n) is 14.9. The molecular formula is C36H41F3N4O5S. The molecule has 2 amide bonds. The number of fused-ring (bicyclic) bond motifs is 9. The number of halogens is 3. The summed E-state index contributed by atoms with van der Waals surface area (Å²) in [6.07, 6.45) is 2.94. The van der Waals surface area contributed by atoms with Gasteiger partial charge in [0.15, 0.2) is 5.75 Å². The lowest BCUT2D eigenvalue weighted by atomic mass is 9.81. The minimum absolute atomic E-state index is 0.0303. The molecule has 2 aliphatic carbocycles. The summed E-state index contributed by atoms with van der Waals surface area (Å²) in [5.74, 6) is -2.19. The second-order valence-corrected chi connectivity index (χ2v) is 16.6. The Hall–Kier alpha value is -3.58. The average Bonchev–Trinajstić information content (AvgIpc) is 3.63. The Kier molecular flexibility index (Phi) is 7.64. The lowest BCUT2D eigenvalue weighted by Gasteiger charge is -2.41. The number of methoxy groups -OCH3 is 1. The van der Waals surface area contributed by atoms with E-state index in [-0.39, 0.29) is 35.4 Å². The van der Waals surface area contributed by atoms with Crippen LogP contribution < -0.4 is 9.46 Å². The molecule has 49 heavy (non-hydrogen) atoms. The van der Waals surface area contributed by atoms with Crippen LogP contribution in [0.4, 0.5) is 13.2 Å². The van der Waals surface area contributed by atoms with Gasteiger partial charge < -0.3 is 19.1 Å². The molecule has 262 valence electrons. The van der Waals surface area contributed by atoms with Crippen molar-refractivity contribution in [3.8, 4) is 17.0 Å². The second kappa shape index (κ2) is 11.5. The standard InChI is InChI=1S/C36H41F3N4O5S/c1-41-17-23-9-10-24(18-41)43(23)34(45)35-16-29(35)28-15-25(48-2)11-13-26(28)32-31(21-6-4-3-5-7-21)27-12-8-22(14-30(27)42(32)19-35)33(44)40-49(46,47)20-36(37,38)39/h8,11-15,21,23-24,29H,3-7,9-10,16-20H2,1-2H3,(H,40,44). The number of hydrogen-bond acceptors (Lipinski definition) is 6. The summed E-state index contributed by atoms with van der Waals surface area (Å²) in [5.41, 5.74) is 4.16. The molecule has 4 unspecified atom stereocenters. The molecule has 8 rings (SSSR count). The maximum Gasteiger partial charge on any atom is 0.404 e. The van der Waals surface area contributed by atoms with Gasteiger partial charge in [0.25, 0.3) is 5.91 Å². The third kappa shape index (κ3) is 5.51. The fraction of sp³-hybridized carbons (Fsp3) is 0.556. The molecule has 2 saturated heterocycles. The van der Waals surface area contributed by atoms with E-state index in [2.05, 4.69) is 33.5 Å². The predicted octanol–water partition coefficient (Wildman–Crippen LogP) is 5.78. The van der Waals surface area contributed by atoms with Crippen molar-refractivity contribution in [3.63, 3.8) is 0 Å². The molecule has 1 aromatic heterocycles. The lowest BCUT2D eigenvalue weighted by molar-refractivity contribution is -0.143. The van der Waals surface area contributed by atoms with Crippen molar-refractivity contribution in [2.45, 2.75) is 88.0 Å². The van der Waals surface area contributed by atoms with Crippen molar-refractivity contribution >= 4 is 32.7 Å². The van der Waals surface area contributed by atoms with Gasteiger partial charge in [-0.1, -0.05) is 25.3 Å². The summed E-state index contributed by atoms with van der Waals surface area (Å²) in [7, 11) is -1.22. The average molecular weight is 699 g/mol. The number of rotatable bonds is 6. The third-order valence-corrected chi connectivity index (χ3v) is 12.9. The summed E-state index contributed by atoms with van der Waals surface area (Å²) >= 11 is 0. The number of likely N-dealkylation sites (N-methyl/N-ethyl adjacent to an activating group) is 1. The Labute approximate surface area is 283 Å². The number of benzene rings is 2. The highest BCUT2D eigenvalue weighted by molar-refractivity contribution is 7.90. The van der Waals surface area contributed by atoms with Gasteiger partial charge in [0, 0.05) is 59.7 Å². The van der Waals surface area contributed by atoms with Gasteiger partial charge in [0.2, 0.25) is 15.9 Å². The van der Waals surface area contributed by atoms with Crippen LogP contribution >= 0.6 is 0 Å². The van der Waals surface area contributed by atoms with Crippen molar-refractivity contribution < 1.29 is 35.9 Å². The molecule has 1 N–H and O–H groups in total. The summed E-state index contributed by atoms with van der Waals surface area (Å²) in [4.78, 5) is 32.6. The first-order valence-electron chi connectivity index (χ1n) is 17.3. The molecule has 2 aromatic carbocycles. The Morgan fingerprint density at radius 3 is 2.39 bits per heavy atom. The normalized spacial score (nSPS) is 26.9. The highest BCUT2D eigenvalue weighted by atomic mass is 32.2. The summed E-state index contributed by atoms with van der Waals surface area (Å²) in [5, 5.41) is 0.916. The van der Waals surface area contributed by atoms with E-state index in [1.54, 1.807) is 24.0 Å². The number of carbonyl (C=O) groups is 2.